The minimum atomic E-state index is -0.868. The molecule has 0 radical (unpaired) electrons. The van der Waals surface area contributed by atoms with Gasteiger partial charge in [-0.3, -0.25) is 4.79 Å². The normalized spacial score (nSPS) is 12.8. The molecule has 0 amide bonds. The molecule has 18 heavy (non-hydrogen) atoms. The minimum Gasteiger partial charge on any atom is -0.481 e. The fourth-order valence-electron chi connectivity index (χ4n) is 1.73. The zero-order valence-corrected chi connectivity index (χ0v) is 10.4. The third-order valence-corrected chi connectivity index (χ3v) is 2.81. The number of carboxylic acid groups (broad SMARTS) is 1. The van der Waals surface area contributed by atoms with E-state index in [0.29, 0.717) is 23.4 Å². The summed E-state index contributed by atoms with van der Waals surface area (Å²) in [5.74, 6) is -1.14. The monoisotopic (exact) mass is 271 g/mol. The van der Waals surface area contributed by atoms with Crippen molar-refractivity contribution in [2.75, 3.05) is 0 Å². The zero-order valence-electron chi connectivity index (χ0n) is 9.61. The molecule has 0 spiro atoms. The van der Waals surface area contributed by atoms with Crippen molar-refractivity contribution in [3.05, 3.63) is 28.9 Å². The van der Waals surface area contributed by atoms with Gasteiger partial charge in [0, 0.05) is 18.9 Å². The van der Waals surface area contributed by atoms with Gasteiger partial charge in [0.2, 0.25) is 0 Å². The first kappa shape index (κ1) is 12.8. The van der Waals surface area contributed by atoms with Crippen LogP contribution in [-0.4, -0.2) is 16.1 Å². The average Bonchev–Trinajstić information content (AvgIpc) is 2.58. The van der Waals surface area contributed by atoms with Crippen LogP contribution in [0, 0.1) is 11.7 Å². The highest BCUT2D eigenvalue weighted by atomic mass is 35.5. The number of nitrogens with zero attached hydrogens (tertiary/aromatic N) is 1. The summed E-state index contributed by atoms with van der Waals surface area (Å²) in [4.78, 5) is 14.7. The van der Waals surface area contributed by atoms with Gasteiger partial charge in [-0.2, -0.15) is 0 Å². The van der Waals surface area contributed by atoms with E-state index in [4.69, 9.17) is 21.1 Å². The number of carboxylic acids is 1. The van der Waals surface area contributed by atoms with Crippen molar-refractivity contribution >= 4 is 28.7 Å². The van der Waals surface area contributed by atoms with Gasteiger partial charge in [0.25, 0.3) is 0 Å². The molecule has 0 saturated carbocycles. The van der Waals surface area contributed by atoms with Crippen LogP contribution < -0.4 is 0 Å². The van der Waals surface area contributed by atoms with E-state index in [9.17, 15) is 9.18 Å². The van der Waals surface area contributed by atoms with Gasteiger partial charge >= 0.3 is 5.97 Å². The molecule has 96 valence electrons. The Hall–Kier alpha value is -1.62. The van der Waals surface area contributed by atoms with Gasteiger partial charge in [-0.25, -0.2) is 9.37 Å². The topological polar surface area (TPSA) is 63.3 Å². The standard InChI is InChI=1S/C12H11ClFNO3/c1-6(3-12(16)17)2-11-15-9-4-7(13)8(14)5-10(9)18-11/h4-6H,2-3H2,1H3,(H,16,17). The summed E-state index contributed by atoms with van der Waals surface area (Å²) in [5.41, 5.74) is 0.786. The molecule has 0 fully saturated rings. The summed E-state index contributed by atoms with van der Waals surface area (Å²) in [6, 6.07) is 2.57. The summed E-state index contributed by atoms with van der Waals surface area (Å²) in [6.07, 6.45) is 0.425. The predicted molar refractivity (Wildman–Crippen MR) is 64.1 cm³/mol. The molecule has 0 aliphatic heterocycles. The van der Waals surface area contributed by atoms with E-state index in [-0.39, 0.29) is 17.4 Å². The number of rotatable bonds is 4. The molecule has 2 aromatic rings. The van der Waals surface area contributed by atoms with E-state index < -0.39 is 11.8 Å². The highest BCUT2D eigenvalue weighted by Gasteiger charge is 2.14. The van der Waals surface area contributed by atoms with Crippen LogP contribution in [0.15, 0.2) is 16.5 Å². The summed E-state index contributed by atoms with van der Waals surface area (Å²) < 4.78 is 18.5. The van der Waals surface area contributed by atoms with Crippen molar-refractivity contribution in [2.24, 2.45) is 5.92 Å². The van der Waals surface area contributed by atoms with Crippen molar-refractivity contribution in [3.63, 3.8) is 0 Å². The molecule has 0 bridgehead atoms. The van der Waals surface area contributed by atoms with E-state index in [1.807, 2.05) is 0 Å². The molecule has 6 heteroatoms. The highest BCUT2D eigenvalue weighted by Crippen LogP contribution is 2.24. The van der Waals surface area contributed by atoms with E-state index in [0.717, 1.165) is 0 Å². The third kappa shape index (κ3) is 2.79. The maximum absolute atomic E-state index is 13.2. The number of aliphatic carboxylic acids is 1. The van der Waals surface area contributed by atoms with Gasteiger partial charge in [0.15, 0.2) is 11.5 Å². The third-order valence-electron chi connectivity index (χ3n) is 2.52. The number of hydrogen-bond acceptors (Lipinski definition) is 3. The van der Waals surface area contributed by atoms with Crippen LogP contribution in [0.1, 0.15) is 19.2 Å². The van der Waals surface area contributed by atoms with Crippen LogP contribution in [-0.2, 0) is 11.2 Å². The van der Waals surface area contributed by atoms with Crippen LogP contribution >= 0.6 is 11.6 Å². The second-order valence-electron chi connectivity index (χ2n) is 4.25. The Morgan fingerprint density at radius 2 is 2.33 bits per heavy atom. The van der Waals surface area contributed by atoms with Crippen molar-refractivity contribution in [1.29, 1.82) is 0 Å². The van der Waals surface area contributed by atoms with Gasteiger partial charge in [0.1, 0.15) is 11.3 Å². The Balaban J connectivity index is 2.22. The molecule has 1 unspecified atom stereocenters. The molecule has 1 aromatic heterocycles. The van der Waals surface area contributed by atoms with Gasteiger partial charge in [-0.05, 0) is 12.0 Å². The molecule has 1 aromatic carbocycles. The van der Waals surface area contributed by atoms with Gasteiger partial charge in [-0.1, -0.05) is 18.5 Å². The first-order valence-corrected chi connectivity index (χ1v) is 5.79. The lowest BCUT2D eigenvalue weighted by atomic mass is 10.0. The predicted octanol–water partition coefficient (Wildman–Crippen LogP) is 3.27. The number of hydrogen-bond donors (Lipinski definition) is 1. The lowest BCUT2D eigenvalue weighted by Gasteiger charge is -2.03. The molecule has 4 nitrogen and oxygen atoms in total. The summed E-state index contributed by atoms with van der Waals surface area (Å²) >= 11 is 5.64. The molecule has 0 aliphatic rings. The van der Waals surface area contributed by atoms with Crippen LogP contribution in [0.3, 0.4) is 0 Å². The summed E-state index contributed by atoms with van der Waals surface area (Å²) in [7, 11) is 0. The van der Waals surface area contributed by atoms with E-state index in [1.54, 1.807) is 6.92 Å². The second-order valence-corrected chi connectivity index (χ2v) is 4.66. The smallest absolute Gasteiger partial charge is 0.303 e. The molecular weight excluding hydrogens is 261 g/mol. The lowest BCUT2D eigenvalue weighted by molar-refractivity contribution is -0.137. The largest absolute Gasteiger partial charge is 0.481 e. The fraction of sp³-hybridized carbons (Fsp3) is 0.333. The Bertz CT molecular complexity index is 557. The van der Waals surface area contributed by atoms with Gasteiger partial charge in [0.05, 0.1) is 5.02 Å². The van der Waals surface area contributed by atoms with Crippen molar-refractivity contribution in [2.45, 2.75) is 19.8 Å². The van der Waals surface area contributed by atoms with Crippen molar-refractivity contribution < 1.29 is 18.7 Å². The number of oxazole rings is 1. The van der Waals surface area contributed by atoms with Crippen LogP contribution in [0.25, 0.3) is 11.1 Å². The van der Waals surface area contributed by atoms with Gasteiger partial charge < -0.3 is 9.52 Å². The molecule has 0 aliphatic carbocycles. The Morgan fingerprint density at radius 3 is 3.00 bits per heavy atom. The summed E-state index contributed by atoms with van der Waals surface area (Å²) in [6.45, 7) is 1.79. The van der Waals surface area contributed by atoms with Crippen LogP contribution in [0.5, 0.6) is 0 Å². The first-order valence-electron chi connectivity index (χ1n) is 5.42. The van der Waals surface area contributed by atoms with E-state index in [1.165, 1.54) is 12.1 Å². The van der Waals surface area contributed by atoms with E-state index >= 15 is 0 Å². The Kier molecular flexibility index (Phi) is 3.52. The van der Waals surface area contributed by atoms with Gasteiger partial charge in [-0.15, -0.1) is 0 Å². The van der Waals surface area contributed by atoms with Crippen LogP contribution in [0.4, 0.5) is 4.39 Å². The number of carbonyl (C=O) groups is 1. The molecule has 2 rings (SSSR count). The van der Waals surface area contributed by atoms with Crippen molar-refractivity contribution in [3.8, 4) is 0 Å². The average molecular weight is 272 g/mol. The molecule has 1 N–H and O–H groups in total. The maximum atomic E-state index is 13.2. The Morgan fingerprint density at radius 1 is 1.61 bits per heavy atom. The zero-order chi connectivity index (χ0) is 13.3. The first-order chi connectivity index (χ1) is 8.45. The fourth-order valence-corrected chi connectivity index (χ4v) is 1.88. The van der Waals surface area contributed by atoms with Crippen molar-refractivity contribution in [1.82, 2.24) is 4.98 Å². The number of benzene rings is 1. The molecular formula is C12H11ClFNO3. The highest BCUT2D eigenvalue weighted by molar-refractivity contribution is 6.31. The Labute approximate surface area is 107 Å². The van der Waals surface area contributed by atoms with E-state index in [2.05, 4.69) is 4.98 Å². The SMILES string of the molecule is CC(CC(=O)O)Cc1nc2cc(Cl)c(F)cc2o1. The maximum Gasteiger partial charge on any atom is 0.303 e. The number of aromatic nitrogens is 1. The quantitative estimate of drug-likeness (QED) is 0.927. The molecule has 0 saturated heterocycles. The lowest BCUT2D eigenvalue weighted by Crippen LogP contribution is -2.07. The number of halogens is 2. The molecule has 1 heterocycles. The minimum absolute atomic E-state index is 0.0130. The van der Waals surface area contributed by atoms with Crippen LogP contribution in [0.2, 0.25) is 5.02 Å². The number of fused-ring (bicyclic) bond motifs is 1. The summed E-state index contributed by atoms with van der Waals surface area (Å²) in [5, 5.41) is 8.64. The molecule has 1 atom stereocenters. The second kappa shape index (κ2) is 4.94.